The summed E-state index contributed by atoms with van der Waals surface area (Å²) in [5.41, 5.74) is 1.63. The van der Waals surface area contributed by atoms with Crippen molar-refractivity contribution in [1.29, 1.82) is 5.26 Å². The molecule has 3 heterocycles. The zero-order valence-electron chi connectivity index (χ0n) is 26.6. The number of carbonyl (C=O) groups excluding carboxylic acids is 1. The van der Waals surface area contributed by atoms with E-state index in [1.54, 1.807) is 11.0 Å². The van der Waals surface area contributed by atoms with E-state index in [1.807, 2.05) is 35.2 Å². The molecule has 262 valence electrons. The van der Waals surface area contributed by atoms with E-state index in [1.165, 1.54) is 42.5 Å². The van der Waals surface area contributed by atoms with Crippen LogP contribution in [0.1, 0.15) is 5.56 Å². The minimum atomic E-state index is -4.23. The Balaban J connectivity index is 1.06. The molecule has 6 rings (SSSR count). The van der Waals surface area contributed by atoms with E-state index in [2.05, 4.69) is 31.1 Å². The SMILES string of the molecule is N#Cc1c(Nc2ccc(F)c(Cl)c2)nc(SCC(=O)N2CCN(CCOc3no[n+]([O-])c3S(=O)(=O)c3ccccc3)CC2)nc1-c1ccccc1. The molecular weight excluding hydrogens is 723 g/mol. The molecule has 1 aliphatic rings. The smallest absolute Gasteiger partial charge is 0.415 e. The highest BCUT2D eigenvalue weighted by atomic mass is 35.5. The lowest BCUT2D eigenvalue weighted by Gasteiger charge is -2.34. The number of anilines is 2. The highest BCUT2D eigenvalue weighted by molar-refractivity contribution is 7.99. The monoisotopic (exact) mass is 750 g/mol. The molecule has 0 bridgehead atoms. The molecule has 0 aliphatic carbocycles. The largest absolute Gasteiger partial charge is 0.453 e. The standard InChI is InChI=1S/C33H28ClFN8O6S2/c34-26-19-23(11-12-27(26)35)37-30-25(20-36)29(22-7-3-1-4-8-22)38-33(39-30)50-21-28(44)42-15-13-41(14-16-42)17-18-48-31-32(43(45)49-40-31)51(46,47)24-9-5-2-6-10-24/h1-12,19H,13-18,21H2,(H,37,38,39). The van der Waals surface area contributed by atoms with E-state index in [9.17, 15) is 28.1 Å². The van der Waals surface area contributed by atoms with E-state index < -0.39 is 26.6 Å². The molecule has 5 aromatic rings. The number of carbonyl (C=O) groups is 1. The van der Waals surface area contributed by atoms with Crippen LogP contribution in [0.25, 0.3) is 11.3 Å². The van der Waals surface area contributed by atoms with Crippen LogP contribution in [-0.2, 0) is 14.6 Å². The Morgan fingerprint density at radius 3 is 2.47 bits per heavy atom. The van der Waals surface area contributed by atoms with Crippen LogP contribution in [-0.4, -0.2) is 84.3 Å². The van der Waals surface area contributed by atoms with Crippen LogP contribution in [0.4, 0.5) is 15.9 Å². The number of sulfone groups is 1. The summed E-state index contributed by atoms with van der Waals surface area (Å²) in [6, 6.07) is 22.7. The van der Waals surface area contributed by atoms with Crippen LogP contribution in [0.3, 0.4) is 0 Å². The Labute approximate surface area is 300 Å². The van der Waals surface area contributed by atoms with Gasteiger partial charge in [-0.05, 0) is 35.2 Å². The van der Waals surface area contributed by atoms with Gasteiger partial charge in [-0.15, -0.1) is 0 Å². The number of piperazine rings is 1. The highest BCUT2D eigenvalue weighted by Gasteiger charge is 2.36. The number of nitrogens with one attached hydrogen (secondary N) is 1. The van der Waals surface area contributed by atoms with E-state index >= 15 is 0 Å². The Bertz CT molecular complexity index is 2180. The molecule has 1 amide bonds. The summed E-state index contributed by atoms with van der Waals surface area (Å²) in [5.74, 6) is -0.941. The lowest BCUT2D eigenvalue weighted by molar-refractivity contribution is -0.832. The van der Waals surface area contributed by atoms with Gasteiger partial charge in [0, 0.05) is 44.0 Å². The van der Waals surface area contributed by atoms with Gasteiger partial charge >= 0.3 is 10.9 Å². The minimum absolute atomic E-state index is 0.0217. The maximum Gasteiger partial charge on any atom is 0.415 e. The molecule has 1 saturated heterocycles. The second-order valence-corrected chi connectivity index (χ2v) is 14.2. The zero-order chi connectivity index (χ0) is 36.0. The summed E-state index contributed by atoms with van der Waals surface area (Å²) in [6.07, 6.45) is 0. The van der Waals surface area contributed by atoms with Crippen LogP contribution in [0, 0.1) is 22.4 Å². The Hall–Kier alpha value is -5.28. The van der Waals surface area contributed by atoms with Crippen molar-refractivity contribution in [2.24, 2.45) is 0 Å². The molecule has 18 heteroatoms. The van der Waals surface area contributed by atoms with Crippen molar-refractivity contribution in [2.75, 3.05) is 50.4 Å². The molecular formula is C33H28ClFN8O6S2. The second-order valence-electron chi connectivity index (χ2n) is 11.0. The maximum absolute atomic E-state index is 13.8. The summed E-state index contributed by atoms with van der Waals surface area (Å²) in [7, 11) is -4.23. The fourth-order valence-electron chi connectivity index (χ4n) is 5.17. The van der Waals surface area contributed by atoms with Gasteiger partial charge in [-0.1, -0.05) is 71.9 Å². The van der Waals surface area contributed by atoms with Gasteiger partial charge < -0.3 is 20.2 Å². The molecule has 1 aliphatic heterocycles. The predicted molar refractivity (Wildman–Crippen MR) is 183 cm³/mol. The van der Waals surface area contributed by atoms with Crippen molar-refractivity contribution in [3.05, 3.63) is 100 Å². The fraction of sp³-hybridized carbons (Fsp3) is 0.212. The summed E-state index contributed by atoms with van der Waals surface area (Å²) in [4.78, 5) is 25.8. The topological polar surface area (TPSA) is 181 Å². The lowest BCUT2D eigenvalue weighted by Crippen LogP contribution is -2.50. The van der Waals surface area contributed by atoms with E-state index in [0.29, 0.717) is 49.7 Å². The van der Waals surface area contributed by atoms with Gasteiger partial charge in [0.1, 0.15) is 24.1 Å². The Kier molecular flexibility index (Phi) is 11.0. The van der Waals surface area contributed by atoms with Crippen molar-refractivity contribution in [2.45, 2.75) is 15.1 Å². The third-order valence-corrected chi connectivity index (χ3v) is 10.6. The third kappa shape index (κ3) is 8.21. The maximum atomic E-state index is 13.8. The van der Waals surface area contributed by atoms with Gasteiger partial charge in [0.15, 0.2) is 11.0 Å². The first-order valence-electron chi connectivity index (χ1n) is 15.4. The molecule has 0 atom stereocenters. The van der Waals surface area contributed by atoms with Crippen molar-refractivity contribution < 1.29 is 31.9 Å². The summed E-state index contributed by atoms with van der Waals surface area (Å²) in [6.45, 7) is 2.31. The minimum Gasteiger partial charge on any atom is -0.453 e. The highest BCUT2D eigenvalue weighted by Crippen LogP contribution is 2.32. The number of rotatable bonds is 12. The summed E-state index contributed by atoms with van der Waals surface area (Å²) >= 11 is 7.09. The van der Waals surface area contributed by atoms with Crippen LogP contribution < -0.4 is 15.0 Å². The van der Waals surface area contributed by atoms with Crippen LogP contribution in [0.15, 0.2) is 98.6 Å². The zero-order valence-corrected chi connectivity index (χ0v) is 29.0. The molecule has 0 spiro atoms. The number of nitriles is 1. The molecule has 3 aromatic carbocycles. The van der Waals surface area contributed by atoms with Crippen LogP contribution in [0.5, 0.6) is 5.88 Å². The number of hydrogen-bond donors (Lipinski definition) is 1. The Morgan fingerprint density at radius 2 is 1.78 bits per heavy atom. The van der Waals surface area contributed by atoms with Gasteiger partial charge in [-0.3, -0.25) is 14.3 Å². The third-order valence-electron chi connectivity index (χ3n) is 7.78. The number of amides is 1. The molecule has 14 nitrogen and oxygen atoms in total. The first kappa shape index (κ1) is 35.5. The number of aromatic nitrogens is 4. The van der Waals surface area contributed by atoms with Crippen molar-refractivity contribution in [1.82, 2.24) is 24.9 Å². The average molecular weight is 751 g/mol. The molecule has 2 aromatic heterocycles. The number of halogens is 2. The summed E-state index contributed by atoms with van der Waals surface area (Å²) < 4.78 is 49.8. The second kappa shape index (κ2) is 15.7. The number of hydrogen-bond acceptors (Lipinski definition) is 13. The van der Waals surface area contributed by atoms with Gasteiger partial charge in [0.25, 0.3) is 9.84 Å². The van der Waals surface area contributed by atoms with Crippen molar-refractivity contribution in [3.8, 4) is 23.2 Å². The number of nitrogens with zero attached hydrogens (tertiary/aromatic N) is 7. The number of thioether (sulfide) groups is 1. The normalized spacial score (nSPS) is 13.5. The molecule has 1 fully saturated rings. The molecule has 0 radical (unpaired) electrons. The van der Waals surface area contributed by atoms with Crippen LogP contribution in [0.2, 0.25) is 5.02 Å². The predicted octanol–water partition coefficient (Wildman–Crippen LogP) is 4.32. The van der Waals surface area contributed by atoms with Crippen molar-refractivity contribution in [3.63, 3.8) is 0 Å². The number of ether oxygens (including phenoxy) is 1. The first-order chi connectivity index (χ1) is 24.6. The van der Waals surface area contributed by atoms with Gasteiger partial charge in [0.2, 0.25) is 5.91 Å². The van der Waals surface area contributed by atoms with E-state index in [-0.39, 0.29) is 49.6 Å². The molecule has 1 N–H and O–H groups in total. The number of benzene rings is 3. The van der Waals surface area contributed by atoms with Crippen LogP contribution >= 0.6 is 23.4 Å². The van der Waals surface area contributed by atoms with E-state index in [4.69, 9.17) is 16.3 Å². The van der Waals surface area contributed by atoms with Gasteiger partial charge in [0.05, 0.1) is 26.5 Å². The lowest BCUT2D eigenvalue weighted by atomic mass is 10.1. The Morgan fingerprint density at radius 1 is 1.08 bits per heavy atom. The molecule has 51 heavy (non-hydrogen) atoms. The molecule has 0 saturated carbocycles. The van der Waals surface area contributed by atoms with Gasteiger partial charge in [-0.2, -0.15) is 5.26 Å². The molecule has 0 unspecified atom stereocenters. The first-order valence-corrected chi connectivity index (χ1v) is 18.2. The van der Waals surface area contributed by atoms with Gasteiger partial charge in [-0.25, -0.2) is 22.8 Å². The summed E-state index contributed by atoms with van der Waals surface area (Å²) in [5, 5.41) is 28.1. The average Bonchev–Trinajstić information content (AvgIpc) is 3.53. The van der Waals surface area contributed by atoms with Crippen molar-refractivity contribution >= 4 is 50.6 Å². The fourth-order valence-corrected chi connectivity index (χ4v) is 7.39. The quantitative estimate of drug-likeness (QED) is 0.108. The van der Waals surface area contributed by atoms with E-state index in [0.717, 1.165) is 11.8 Å².